The van der Waals surface area contributed by atoms with Gasteiger partial charge in [0.1, 0.15) is 18.2 Å². The third-order valence-corrected chi connectivity index (χ3v) is 2.42. The van der Waals surface area contributed by atoms with Crippen LogP contribution in [0.2, 0.25) is 0 Å². The van der Waals surface area contributed by atoms with Crippen LogP contribution in [0.4, 0.5) is 4.39 Å². The van der Waals surface area contributed by atoms with Gasteiger partial charge >= 0.3 is 5.97 Å². The summed E-state index contributed by atoms with van der Waals surface area (Å²) in [5.41, 5.74) is 1.09. The minimum absolute atomic E-state index is 0.237. The predicted molar refractivity (Wildman–Crippen MR) is 64.1 cm³/mol. The fourth-order valence-corrected chi connectivity index (χ4v) is 1.44. The Kier molecular flexibility index (Phi) is 3.57. The molecule has 0 aliphatic heterocycles. The van der Waals surface area contributed by atoms with Crippen molar-refractivity contribution in [2.75, 3.05) is 0 Å². The molecule has 92 valence electrons. The zero-order valence-electron chi connectivity index (χ0n) is 9.47. The highest BCUT2D eigenvalue weighted by Gasteiger charge is 2.02. The third-order valence-electron chi connectivity index (χ3n) is 2.42. The largest absolute Gasteiger partial charge is 0.489 e. The van der Waals surface area contributed by atoms with E-state index < -0.39 is 5.97 Å². The highest BCUT2D eigenvalue weighted by Crippen LogP contribution is 2.13. The van der Waals surface area contributed by atoms with E-state index in [1.54, 1.807) is 24.3 Å². The van der Waals surface area contributed by atoms with E-state index in [0.29, 0.717) is 12.4 Å². The lowest BCUT2D eigenvalue weighted by Crippen LogP contribution is -1.98. The molecule has 0 saturated heterocycles. The van der Waals surface area contributed by atoms with Gasteiger partial charge in [-0.15, -0.1) is 0 Å². The van der Waals surface area contributed by atoms with Crippen LogP contribution in [0, 0.1) is 5.82 Å². The number of carboxylic acid groups (broad SMARTS) is 1. The van der Waals surface area contributed by atoms with Gasteiger partial charge in [0.25, 0.3) is 0 Å². The predicted octanol–water partition coefficient (Wildman–Crippen LogP) is 3.10. The summed E-state index contributed by atoms with van der Waals surface area (Å²) in [5.74, 6) is -0.701. The number of benzene rings is 2. The standard InChI is InChI=1S/C14H11FO3/c15-12-5-7-13(8-6-12)18-9-10-1-3-11(4-2-10)14(16)17/h1-8H,9H2,(H,16,17). The van der Waals surface area contributed by atoms with E-state index in [-0.39, 0.29) is 11.4 Å². The molecule has 0 bridgehead atoms. The Morgan fingerprint density at radius 1 is 1.06 bits per heavy atom. The lowest BCUT2D eigenvalue weighted by atomic mass is 10.1. The Labute approximate surface area is 103 Å². The van der Waals surface area contributed by atoms with E-state index in [0.717, 1.165) is 5.56 Å². The van der Waals surface area contributed by atoms with Crippen LogP contribution in [-0.2, 0) is 6.61 Å². The fourth-order valence-electron chi connectivity index (χ4n) is 1.44. The van der Waals surface area contributed by atoms with Gasteiger partial charge in [0.05, 0.1) is 5.56 Å². The van der Waals surface area contributed by atoms with Crippen LogP contribution >= 0.6 is 0 Å². The number of hydrogen-bond acceptors (Lipinski definition) is 2. The molecule has 0 amide bonds. The first-order chi connectivity index (χ1) is 8.65. The lowest BCUT2D eigenvalue weighted by Gasteiger charge is -2.06. The summed E-state index contributed by atoms with van der Waals surface area (Å²) in [7, 11) is 0. The van der Waals surface area contributed by atoms with E-state index in [1.165, 1.54) is 24.3 Å². The number of carboxylic acids is 1. The maximum atomic E-state index is 12.7. The Morgan fingerprint density at radius 3 is 2.22 bits per heavy atom. The molecule has 4 heteroatoms. The minimum atomic E-state index is -0.957. The van der Waals surface area contributed by atoms with Gasteiger partial charge in [0, 0.05) is 0 Å². The molecular weight excluding hydrogens is 235 g/mol. The summed E-state index contributed by atoms with van der Waals surface area (Å²) in [6.45, 7) is 0.311. The first-order valence-electron chi connectivity index (χ1n) is 5.36. The summed E-state index contributed by atoms with van der Waals surface area (Å²) in [6.07, 6.45) is 0. The van der Waals surface area contributed by atoms with Gasteiger partial charge in [-0.3, -0.25) is 0 Å². The van der Waals surface area contributed by atoms with Crippen molar-refractivity contribution in [3.05, 3.63) is 65.5 Å². The minimum Gasteiger partial charge on any atom is -0.489 e. The van der Waals surface area contributed by atoms with Crippen molar-refractivity contribution in [3.63, 3.8) is 0 Å². The van der Waals surface area contributed by atoms with Crippen molar-refractivity contribution in [2.24, 2.45) is 0 Å². The molecule has 1 N–H and O–H groups in total. The molecule has 0 unspecified atom stereocenters. The van der Waals surface area contributed by atoms with Gasteiger partial charge in [0.15, 0.2) is 0 Å². The molecular formula is C14H11FO3. The van der Waals surface area contributed by atoms with Gasteiger partial charge in [-0.2, -0.15) is 0 Å². The highest BCUT2D eigenvalue weighted by molar-refractivity contribution is 5.87. The van der Waals surface area contributed by atoms with Crippen LogP contribution in [0.5, 0.6) is 5.75 Å². The average molecular weight is 246 g/mol. The summed E-state index contributed by atoms with van der Waals surface area (Å²) >= 11 is 0. The van der Waals surface area contributed by atoms with Gasteiger partial charge in [0.2, 0.25) is 0 Å². The van der Waals surface area contributed by atoms with Crippen molar-refractivity contribution < 1.29 is 19.0 Å². The van der Waals surface area contributed by atoms with E-state index in [4.69, 9.17) is 9.84 Å². The highest BCUT2D eigenvalue weighted by atomic mass is 19.1. The first kappa shape index (κ1) is 12.1. The van der Waals surface area contributed by atoms with Crippen molar-refractivity contribution in [2.45, 2.75) is 6.61 Å². The molecule has 2 aromatic carbocycles. The molecule has 0 saturated carbocycles. The number of halogens is 1. The maximum Gasteiger partial charge on any atom is 0.335 e. The summed E-state index contributed by atoms with van der Waals surface area (Å²) in [6, 6.07) is 12.1. The first-order valence-corrected chi connectivity index (χ1v) is 5.36. The van der Waals surface area contributed by atoms with E-state index in [1.807, 2.05) is 0 Å². The second-order valence-electron chi connectivity index (χ2n) is 3.74. The monoisotopic (exact) mass is 246 g/mol. The summed E-state index contributed by atoms with van der Waals surface area (Å²) < 4.78 is 18.1. The van der Waals surface area contributed by atoms with Crippen molar-refractivity contribution >= 4 is 5.97 Å². The van der Waals surface area contributed by atoms with Crippen LogP contribution in [0.1, 0.15) is 15.9 Å². The van der Waals surface area contributed by atoms with E-state index >= 15 is 0 Å². The molecule has 0 radical (unpaired) electrons. The van der Waals surface area contributed by atoms with Crippen LogP contribution in [0.15, 0.2) is 48.5 Å². The molecule has 0 fully saturated rings. The van der Waals surface area contributed by atoms with Crippen LogP contribution in [0.25, 0.3) is 0 Å². The molecule has 0 aliphatic carbocycles. The van der Waals surface area contributed by atoms with Crippen LogP contribution in [-0.4, -0.2) is 11.1 Å². The number of carbonyl (C=O) groups is 1. The van der Waals surface area contributed by atoms with Gasteiger partial charge < -0.3 is 9.84 Å². The SMILES string of the molecule is O=C(O)c1ccc(COc2ccc(F)cc2)cc1. The van der Waals surface area contributed by atoms with Crippen molar-refractivity contribution in [1.82, 2.24) is 0 Å². The quantitative estimate of drug-likeness (QED) is 0.901. The topological polar surface area (TPSA) is 46.5 Å². The average Bonchev–Trinajstić information content (AvgIpc) is 2.38. The Morgan fingerprint density at radius 2 is 1.67 bits per heavy atom. The molecule has 0 spiro atoms. The molecule has 0 heterocycles. The molecule has 0 aromatic heterocycles. The molecule has 0 aliphatic rings. The number of hydrogen-bond donors (Lipinski definition) is 1. The van der Waals surface area contributed by atoms with Crippen molar-refractivity contribution in [1.29, 1.82) is 0 Å². The summed E-state index contributed by atoms with van der Waals surface area (Å²) in [4.78, 5) is 10.7. The van der Waals surface area contributed by atoms with Gasteiger partial charge in [-0.1, -0.05) is 12.1 Å². The molecule has 2 aromatic rings. The third kappa shape index (κ3) is 3.07. The normalized spacial score (nSPS) is 10.1. The second kappa shape index (κ2) is 5.31. The number of aromatic carboxylic acids is 1. The zero-order chi connectivity index (χ0) is 13.0. The summed E-state index contributed by atoms with van der Waals surface area (Å²) in [5, 5.41) is 8.74. The van der Waals surface area contributed by atoms with Gasteiger partial charge in [-0.25, -0.2) is 9.18 Å². The number of ether oxygens (including phenoxy) is 1. The molecule has 18 heavy (non-hydrogen) atoms. The maximum absolute atomic E-state index is 12.7. The van der Waals surface area contributed by atoms with Crippen molar-refractivity contribution in [3.8, 4) is 5.75 Å². The van der Waals surface area contributed by atoms with Crippen LogP contribution < -0.4 is 4.74 Å². The van der Waals surface area contributed by atoms with Crippen LogP contribution in [0.3, 0.4) is 0 Å². The number of rotatable bonds is 4. The lowest BCUT2D eigenvalue weighted by molar-refractivity contribution is 0.0697. The Balaban J connectivity index is 1.97. The fraction of sp³-hybridized carbons (Fsp3) is 0.0714. The molecule has 0 atom stereocenters. The van der Waals surface area contributed by atoms with E-state index in [9.17, 15) is 9.18 Å². The Bertz CT molecular complexity index is 532. The Hall–Kier alpha value is -2.36. The second-order valence-corrected chi connectivity index (χ2v) is 3.74. The zero-order valence-corrected chi connectivity index (χ0v) is 9.47. The molecule has 3 nitrogen and oxygen atoms in total. The smallest absolute Gasteiger partial charge is 0.335 e. The van der Waals surface area contributed by atoms with E-state index in [2.05, 4.69) is 0 Å². The van der Waals surface area contributed by atoms with Gasteiger partial charge in [-0.05, 0) is 42.0 Å². The molecule has 2 rings (SSSR count).